The summed E-state index contributed by atoms with van der Waals surface area (Å²) in [5.41, 5.74) is 1.04. The number of hydrogen-bond acceptors (Lipinski definition) is 7. The minimum atomic E-state index is -4.70. The largest absolute Gasteiger partial charge is 0.508 e. The number of piperazine rings is 1. The number of carbonyl (C=O) groups excluding carboxylic acids is 2. The molecule has 5 rings (SSSR count). The Morgan fingerprint density at radius 1 is 0.848 bits per heavy atom. The average molecular weight is 656 g/mol. The lowest BCUT2D eigenvalue weighted by Gasteiger charge is -2.36. The number of halogens is 3. The van der Waals surface area contributed by atoms with Crippen LogP contribution in [0.25, 0.3) is 16.8 Å². The van der Waals surface area contributed by atoms with Crippen molar-refractivity contribution in [2.24, 2.45) is 0 Å². The molecule has 1 aliphatic heterocycles. The van der Waals surface area contributed by atoms with Gasteiger partial charge < -0.3 is 14.9 Å². The number of phenolic OH excluding ortho intramolecular Hbond substituents is 1. The fourth-order valence-corrected chi connectivity index (χ4v) is 5.51. The molecule has 242 valence electrons. The lowest BCUT2D eigenvalue weighted by atomic mass is 10.1. The molecule has 1 aromatic heterocycles. The summed E-state index contributed by atoms with van der Waals surface area (Å²) < 4.78 is 68.5. The first kappa shape index (κ1) is 32.5. The molecule has 1 fully saturated rings. The van der Waals surface area contributed by atoms with E-state index in [1.807, 2.05) is 4.90 Å². The van der Waals surface area contributed by atoms with E-state index >= 15 is 0 Å². The van der Waals surface area contributed by atoms with Gasteiger partial charge in [0.25, 0.3) is 11.8 Å². The Bertz CT molecular complexity index is 1870. The Kier molecular flexibility index (Phi) is 8.60. The molecule has 2 N–H and O–H groups in total. The third-order valence-corrected chi connectivity index (χ3v) is 9.68. The average Bonchev–Trinajstić information content (AvgIpc) is 3.50. The fraction of sp³-hybridized carbons (Fsp3) is 0.281. The van der Waals surface area contributed by atoms with Crippen molar-refractivity contribution in [1.29, 1.82) is 0 Å². The number of alkyl halides is 3. The van der Waals surface area contributed by atoms with Gasteiger partial charge in [-0.05, 0) is 80.9 Å². The molecule has 46 heavy (non-hydrogen) atoms. The topological polar surface area (TPSA) is 125 Å². The molecule has 3 aromatic carbocycles. The molecule has 10 nitrogen and oxygen atoms in total. The molecule has 14 heteroatoms. The first-order valence-corrected chi connectivity index (χ1v) is 15.8. The molecule has 0 radical (unpaired) electrons. The molecule has 2 heterocycles. The van der Waals surface area contributed by atoms with E-state index in [2.05, 4.69) is 9.82 Å². The van der Waals surface area contributed by atoms with Crippen molar-refractivity contribution >= 4 is 27.5 Å². The Balaban J connectivity index is 1.29. The molecule has 1 aliphatic rings. The second-order valence-electron chi connectivity index (χ2n) is 11.9. The maximum absolute atomic E-state index is 13.9. The van der Waals surface area contributed by atoms with Gasteiger partial charge in [0.2, 0.25) is 10.0 Å². The number of carbonyl (C=O) groups is 2. The van der Waals surface area contributed by atoms with E-state index in [0.29, 0.717) is 24.2 Å². The van der Waals surface area contributed by atoms with Gasteiger partial charge in [-0.2, -0.15) is 18.3 Å². The number of amides is 2. The number of phenols is 1. The monoisotopic (exact) mass is 655 g/mol. The Morgan fingerprint density at radius 2 is 1.52 bits per heavy atom. The zero-order valence-corrected chi connectivity index (χ0v) is 26.1. The van der Waals surface area contributed by atoms with E-state index in [1.54, 1.807) is 24.3 Å². The van der Waals surface area contributed by atoms with Crippen LogP contribution >= 0.6 is 0 Å². The maximum atomic E-state index is 13.9. The number of nitrogens with one attached hydrogen (secondary N) is 1. The Labute approximate surface area is 264 Å². The number of sulfonamides is 1. The quantitative estimate of drug-likeness (QED) is 0.297. The molecule has 4 aromatic rings. The van der Waals surface area contributed by atoms with Gasteiger partial charge >= 0.3 is 6.18 Å². The van der Waals surface area contributed by atoms with Crippen LogP contribution < -0.4 is 9.62 Å². The number of aromatic nitrogens is 2. The van der Waals surface area contributed by atoms with Crippen molar-refractivity contribution < 1.29 is 36.3 Å². The highest BCUT2D eigenvalue weighted by molar-refractivity contribution is 7.91. The second kappa shape index (κ2) is 12.2. The summed E-state index contributed by atoms with van der Waals surface area (Å²) in [7, 11) is -3.88. The van der Waals surface area contributed by atoms with Gasteiger partial charge in [0.15, 0.2) is 0 Å². The first-order chi connectivity index (χ1) is 21.5. The Hall–Kier alpha value is -4.85. The van der Waals surface area contributed by atoms with Crippen molar-refractivity contribution in [1.82, 2.24) is 19.4 Å². The Morgan fingerprint density at radius 3 is 2.13 bits per heavy atom. The minimum absolute atomic E-state index is 0.0333. The summed E-state index contributed by atoms with van der Waals surface area (Å²) in [6.07, 6.45) is -1.72. The number of anilines is 1. The normalized spacial score (nSPS) is 14.3. The lowest BCUT2D eigenvalue weighted by Crippen LogP contribution is -2.48. The standard InChI is InChI=1S/C32H32F3N5O5S/c1-31(2,3)46(44,45)37-29(42)21-7-9-26(10-8-21)38-11-13-39(14-12-38)30(43)23-15-25(32(33,34)35)18-27(16-23)40-20-24(19-36-40)22-5-4-6-28(41)17-22/h4-10,15-20,41H,11-14H2,1-3H3,(H,37,42). The molecular formula is C32H32F3N5O5S. The van der Waals surface area contributed by atoms with Crippen LogP contribution in [-0.2, 0) is 16.2 Å². The molecule has 2 amide bonds. The van der Waals surface area contributed by atoms with Crippen LogP contribution in [0, 0.1) is 0 Å². The van der Waals surface area contributed by atoms with Crippen molar-refractivity contribution in [2.75, 3.05) is 31.1 Å². The van der Waals surface area contributed by atoms with Gasteiger partial charge in [-0.15, -0.1) is 0 Å². The van der Waals surface area contributed by atoms with Gasteiger partial charge in [-0.1, -0.05) is 12.1 Å². The number of hydrogen-bond donors (Lipinski definition) is 2. The van der Waals surface area contributed by atoms with Crippen LogP contribution in [0.2, 0.25) is 0 Å². The molecule has 0 aliphatic carbocycles. The van der Waals surface area contributed by atoms with E-state index in [4.69, 9.17) is 0 Å². The van der Waals surface area contributed by atoms with Crippen LogP contribution in [0.4, 0.5) is 18.9 Å². The summed E-state index contributed by atoms with van der Waals surface area (Å²) in [4.78, 5) is 29.4. The van der Waals surface area contributed by atoms with E-state index in [1.165, 1.54) is 73.1 Å². The molecular weight excluding hydrogens is 623 g/mol. The van der Waals surface area contributed by atoms with Gasteiger partial charge in [0.1, 0.15) is 5.75 Å². The zero-order chi connectivity index (χ0) is 33.4. The van der Waals surface area contributed by atoms with Gasteiger partial charge in [0, 0.05) is 54.8 Å². The number of rotatable bonds is 6. The molecule has 0 spiro atoms. The van der Waals surface area contributed by atoms with E-state index < -0.39 is 38.3 Å². The predicted molar refractivity (Wildman–Crippen MR) is 166 cm³/mol. The summed E-state index contributed by atoms with van der Waals surface area (Å²) in [6.45, 7) is 5.69. The smallest absolute Gasteiger partial charge is 0.416 e. The van der Waals surface area contributed by atoms with Gasteiger partial charge in [0.05, 0.1) is 22.2 Å². The molecule has 1 saturated heterocycles. The third-order valence-electron chi connectivity index (χ3n) is 7.61. The van der Waals surface area contributed by atoms with E-state index in [0.717, 1.165) is 17.8 Å². The van der Waals surface area contributed by atoms with E-state index in [9.17, 15) is 36.3 Å². The highest BCUT2D eigenvalue weighted by Crippen LogP contribution is 2.33. The van der Waals surface area contributed by atoms with Crippen LogP contribution in [0.15, 0.2) is 79.1 Å². The molecule has 0 saturated carbocycles. The second-order valence-corrected chi connectivity index (χ2v) is 14.3. The highest BCUT2D eigenvalue weighted by atomic mass is 32.2. The highest BCUT2D eigenvalue weighted by Gasteiger charge is 2.34. The minimum Gasteiger partial charge on any atom is -0.508 e. The first-order valence-electron chi connectivity index (χ1n) is 14.3. The van der Waals surface area contributed by atoms with Crippen LogP contribution in [0.3, 0.4) is 0 Å². The SMILES string of the molecule is CC(C)(C)S(=O)(=O)NC(=O)c1ccc(N2CCN(C(=O)c3cc(-n4cc(-c5cccc(O)c5)cn4)cc(C(F)(F)F)c3)CC2)cc1. The van der Waals surface area contributed by atoms with Crippen LogP contribution in [0.5, 0.6) is 5.75 Å². The predicted octanol–water partition coefficient (Wildman–Crippen LogP) is 5.08. The fourth-order valence-electron chi connectivity index (χ4n) is 4.84. The van der Waals surface area contributed by atoms with Crippen LogP contribution in [0.1, 0.15) is 47.1 Å². The maximum Gasteiger partial charge on any atom is 0.416 e. The van der Waals surface area contributed by atoms with Crippen LogP contribution in [-0.4, -0.2) is 70.9 Å². The van der Waals surface area contributed by atoms with Crippen molar-refractivity contribution in [2.45, 2.75) is 31.7 Å². The molecule has 0 bridgehead atoms. The summed E-state index contributed by atoms with van der Waals surface area (Å²) in [6, 6.07) is 15.9. The summed E-state index contributed by atoms with van der Waals surface area (Å²) >= 11 is 0. The van der Waals surface area contributed by atoms with Crippen molar-refractivity contribution in [3.05, 3.63) is 95.8 Å². The third kappa shape index (κ3) is 7.01. The van der Waals surface area contributed by atoms with Gasteiger partial charge in [-0.3, -0.25) is 9.59 Å². The molecule has 0 atom stereocenters. The van der Waals surface area contributed by atoms with E-state index in [-0.39, 0.29) is 35.7 Å². The molecule has 0 unspecified atom stereocenters. The zero-order valence-electron chi connectivity index (χ0n) is 25.2. The van der Waals surface area contributed by atoms with Crippen molar-refractivity contribution in [3.8, 4) is 22.6 Å². The van der Waals surface area contributed by atoms with Crippen molar-refractivity contribution in [3.63, 3.8) is 0 Å². The number of aromatic hydroxyl groups is 1. The number of nitrogens with zero attached hydrogens (tertiary/aromatic N) is 4. The summed E-state index contributed by atoms with van der Waals surface area (Å²) in [5.74, 6) is -1.27. The lowest BCUT2D eigenvalue weighted by molar-refractivity contribution is -0.137. The summed E-state index contributed by atoms with van der Waals surface area (Å²) in [5, 5.41) is 14.0. The number of benzene rings is 3. The van der Waals surface area contributed by atoms with Gasteiger partial charge in [-0.25, -0.2) is 17.8 Å².